The van der Waals surface area contributed by atoms with Crippen LogP contribution in [0.15, 0.2) is 0 Å². The molecular weight excluding hydrogens is 174 g/mol. The van der Waals surface area contributed by atoms with Gasteiger partial charge in [0.1, 0.15) is 0 Å². The van der Waals surface area contributed by atoms with Crippen molar-refractivity contribution in [1.29, 1.82) is 5.26 Å². The fourth-order valence-electron chi connectivity index (χ4n) is 0.555. The summed E-state index contributed by atoms with van der Waals surface area (Å²) in [4.78, 5) is 10.6. The maximum atomic E-state index is 10.6. The minimum atomic E-state index is -0.188. The predicted molar refractivity (Wildman–Crippen MR) is 48.7 cm³/mol. The number of nitriles is 1. The first-order valence-electron chi connectivity index (χ1n) is 3.75. The summed E-state index contributed by atoms with van der Waals surface area (Å²) in [5, 5.41) is 8.43. The van der Waals surface area contributed by atoms with Crippen LogP contribution in [0.4, 0.5) is 0 Å². The molecular formula is C8H13NO2S. The van der Waals surface area contributed by atoms with Crippen molar-refractivity contribution in [3.8, 4) is 6.07 Å². The molecule has 1 unspecified atom stereocenters. The molecule has 0 rings (SSSR count). The topological polar surface area (TPSA) is 50.1 Å². The van der Waals surface area contributed by atoms with Crippen molar-refractivity contribution in [1.82, 2.24) is 0 Å². The number of nitrogens with zero attached hydrogens (tertiary/aromatic N) is 1. The van der Waals surface area contributed by atoms with Gasteiger partial charge in [-0.3, -0.25) is 4.79 Å². The van der Waals surface area contributed by atoms with Gasteiger partial charge in [0.25, 0.3) is 0 Å². The Morgan fingerprint density at radius 2 is 2.42 bits per heavy atom. The van der Waals surface area contributed by atoms with Crippen molar-refractivity contribution in [3.63, 3.8) is 0 Å². The number of carbonyl (C=O) groups is 1. The van der Waals surface area contributed by atoms with Gasteiger partial charge >= 0.3 is 5.97 Å². The highest BCUT2D eigenvalue weighted by Crippen LogP contribution is 2.08. The van der Waals surface area contributed by atoms with Crippen molar-refractivity contribution < 1.29 is 9.53 Å². The lowest BCUT2D eigenvalue weighted by molar-refractivity contribution is -0.140. The molecule has 0 radical (unpaired) electrons. The number of thioether (sulfide) groups is 1. The van der Waals surface area contributed by atoms with Gasteiger partial charge in [-0.05, 0) is 6.92 Å². The zero-order valence-corrected chi connectivity index (χ0v) is 8.19. The maximum absolute atomic E-state index is 10.6. The van der Waals surface area contributed by atoms with Crippen LogP contribution in [0.1, 0.15) is 13.3 Å². The quantitative estimate of drug-likeness (QED) is 0.482. The maximum Gasteiger partial charge on any atom is 0.306 e. The van der Waals surface area contributed by atoms with Crippen molar-refractivity contribution in [2.75, 3.05) is 18.6 Å². The summed E-state index contributed by atoms with van der Waals surface area (Å²) >= 11 is 1.61. The molecule has 3 nitrogen and oxygen atoms in total. The largest absolute Gasteiger partial charge is 0.469 e. The van der Waals surface area contributed by atoms with E-state index in [1.807, 2.05) is 6.92 Å². The standard InChI is InChI=1S/C8H13NO2S/c1-7(5-9)6-12-4-3-8(10)11-2/h7H,3-4,6H2,1-2H3. The zero-order chi connectivity index (χ0) is 9.40. The van der Waals surface area contributed by atoms with E-state index in [1.165, 1.54) is 7.11 Å². The second kappa shape index (κ2) is 6.99. The van der Waals surface area contributed by atoms with Crippen LogP contribution in [0.25, 0.3) is 0 Å². The average Bonchev–Trinajstić information content (AvgIpc) is 2.11. The van der Waals surface area contributed by atoms with E-state index in [-0.39, 0.29) is 11.9 Å². The molecule has 0 aromatic carbocycles. The van der Waals surface area contributed by atoms with Crippen LogP contribution in [-0.2, 0) is 9.53 Å². The van der Waals surface area contributed by atoms with E-state index >= 15 is 0 Å². The Balaban J connectivity index is 3.23. The molecule has 0 aliphatic heterocycles. The van der Waals surface area contributed by atoms with Crippen LogP contribution in [0, 0.1) is 17.2 Å². The second-order valence-corrected chi connectivity index (χ2v) is 3.58. The van der Waals surface area contributed by atoms with E-state index < -0.39 is 0 Å². The summed E-state index contributed by atoms with van der Waals surface area (Å²) in [5.74, 6) is 1.39. The molecule has 0 bridgehead atoms. The zero-order valence-electron chi connectivity index (χ0n) is 7.37. The van der Waals surface area contributed by atoms with Crippen LogP contribution in [0.3, 0.4) is 0 Å². The summed E-state index contributed by atoms with van der Waals surface area (Å²) in [6.45, 7) is 1.87. The molecule has 0 N–H and O–H groups in total. The average molecular weight is 187 g/mol. The van der Waals surface area contributed by atoms with E-state index in [4.69, 9.17) is 5.26 Å². The lowest BCUT2D eigenvalue weighted by Gasteiger charge is -2.01. The summed E-state index contributed by atoms with van der Waals surface area (Å²) in [5.41, 5.74) is 0. The number of esters is 1. The lowest BCUT2D eigenvalue weighted by atomic mass is 10.3. The van der Waals surface area contributed by atoms with E-state index in [2.05, 4.69) is 10.8 Å². The molecule has 0 aromatic heterocycles. The number of hydrogen-bond donors (Lipinski definition) is 0. The van der Waals surface area contributed by atoms with Gasteiger partial charge in [-0.25, -0.2) is 0 Å². The van der Waals surface area contributed by atoms with Crippen LogP contribution in [0.2, 0.25) is 0 Å². The molecule has 12 heavy (non-hydrogen) atoms. The van der Waals surface area contributed by atoms with Gasteiger partial charge < -0.3 is 4.74 Å². The smallest absolute Gasteiger partial charge is 0.306 e. The van der Waals surface area contributed by atoms with Gasteiger partial charge in [0, 0.05) is 11.5 Å². The van der Waals surface area contributed by atoms with Crippen LogP contribution < -0.4 is 0 Å². The number of carbonyl (C=O) groups excluding carboxylic acids is 1. The third kappa shape index (κ3) is 6.05. The Labute approximate surface area is 77.1 Å². The van der Waals surface area contributed by atoms with Crippen LogP contribution >= 0.6 is 11.8 Å². The minimum Gasteiger partial charge on any atom is -0.469 e. The summed E-state index contributed by atoms with van der Waals surface area (Å²) in [7, 11) is 1.38. The van der Waals surface area contributed by atoms with E-state index in [1.54, 1.807) is 11.8 Å². The molecule has 68 valence electrons. The summed E-state index contributed by atoms with van der Waals surface area (Å²) < 4.78 is 4.47. The van der Waals surface area contributed by atoms with Crippen molar-refractivity contribution in [2.24, 2.45) is 5.92 Å². The molecule has 0 aliphatic rings. The molecule has 0 heterocycles. The first kappa shape index (κ1) is 11.3. The summed E-state index contributed by atoms with van der Waals surface area (Å²) in [6, 6.07) is 2.13. The molecule has 0 aromatic rings. The highest BCUT2D eigenvalue weighted by molar-refractivity contribution is 7.99. The monoisotopic (exact) mass is 187 g/mol. The van der Waals surface area contributed by atoms with Gasteiger partial charge in [0.2, 0.25) is 0 Å². The number of hydrogen-bond acceptors (Lipinski definition) is 4. The fourth-order valence-corrected chi connectivity index (χ4v) is 1.46. The Morgan fingerprint density at radius 3 is 2.92 bits per heavy atom. The molecule has 0 saturated heterocycles. The predicted octanol–water partition coefficient (Wildman–Crippen LogP) is 1.44. The summed E-state index contributed by atoms with van der Waals surface area (Å²) in [6.07, 6.45) is 0.430. The first-order chi connectivity index (χ1) is 5.70. The fraction of sp³-hybridized carbons (Fsp3) is 0.750. The van der Waals surface area contributed by atoms with Crippen molar-refractivity contribution >= 4 is 17.7 Å². The van der Waals surface area contributed by atoms with Gasteiger partial charge in [-0.15, -0.1) is 0 Å². The number of rotatable bonds is 5. The normalized spacial score (nSPS) is 11.8. The van der Waals surface area contributed by atoms with Gasteiger partial charge in [0.05, 0.1) is 25.5 Å². The van der Waals surface area contributed by atoms with Crippen molar-refractivity contribution in [3.05, 3.63) is 0 Å². The Kier molecular flexibility index (Phi) is 6.58. The van der Waals surface area contributed by atoms with Gasteiger partial charge in [0.15, 0.2) is 0 Å². The molecule has 4 heteroatoms. The molecule has 0 spiro atoms. The van der Waals surface area contributed by atoms with E-state index in [0.717, 1.165) is 11.5 Å². The van der Waals surface area contributed by atoms with Gasteiger partial charge in [-0.1, -0.05) is 0 Å². The van der Waals surface area contributed by atoms with Gasteiger partial charge in [-0.2, -0.15) is 17.0 Å². The molecule has 0 aliphatic carbocycles. The Hall–Kier alpha value is -0.690. The molecule has 0 fully saturated rings. The van der Waals surface area contributed by atoms with Crippen molar-refractivity contribution in [2.45, 2.75) is 13.3 Å². The second-order valence-electron chi connectivity index (χ2n) is 2.43. The lowest BCUT2D eigenvalue weighted by Crippen LogP contribution is -2.02. The Morgan fingerprint density at radius 1 is 1.75 bits per heavy atom. The SMILES string of the molecule is COC(=O)CCSCC(C)C#N. The number of methoxy groups -OCH3 is 1. The first-order valence-corrected chi connectivity index (χ1v) is 4.90. The van der Waals surface area contributed by atoms with E-state index in [9.17, 15) is 4.79 Å². The molecule has 0 amide bonds. The highest BCUT2D eigenvalue weighted by Gasteiger charge is 2.02. The Bertz CT molecular complexity index is 176. The minimum absolute atomic E-state index is 0.0626. The highest BCUT2D eigenvalue weighted by atomic mass is 32.2. The molecule has 1 atom stereocenters. The molecule has 0 saturated carbocycles. The number of ether oxygens (including phenoxy) is 1. The third-order valence-corrected chi connectivity index (χ3v) is 2.49. The van der Waals surface area contributed by atoms with Crippen LogP contribution in [0.5, 0.6) is 0 Å². The third-order valence-electron chi connectivity index (χ3n) is 1.27. The van der Waals surface area contributed by atoms with Crippen LogP contribution in [-0.4, -0.2) is 24.6 Å². The van der Waals surface area contributed by atoms with E-state index in [0.29, 0.717) is 6.42 Å².